The van der Waals surface area contributed by atoms with Crippen LogP contribution in [0.3, 0.4) is 0 Å². The maximum absolute atomic E-state index is 11.9. The molecule has 1 aromatic carbocycles. The van der Waals surface area contributed by atoms with Crippen LogP contribution in [0.25, 0.3) is 0 Å². The molecule has 0 fully saturated rings. The molecule has 2 aromatic rings. The van der Waals surface area contributed by atoms with E-state index in [-0.39, 0.29) is 17.3 Å². The van der Waals surface area contributed by atoms with Gasteiger partial charge in [-0.25, -0.2) is 0 Å². The third kappa shape index (κ3) is 1.93. The van der Waals surface area contributed by atoms with Crippen molar-refractivity contribution in [1.29, 1.82) is 0 Å². The molecular weight excluding hydrogens is 204 g/mol. The maximum atomic E-state index is 11.9. The zero-order chi connectivity index (χ0) is 11.5. The molecule has 16 heavy (non-hydrogen) atoms. The van der Waals surface area contributed by atoms with E-state index >= 15 is 0 Å². The predicted molar refractivity (Wildman–Crippen MR) is 58.6 cm³/mol. The lowest BCUT2D eigenvalue weighted by Crippen LogP contribution is -1.99. The molecule has 1 aromatic heterocycles. The Bertz CT molecular complexity index is 523. The quantitative estimate of drug-likeness (QED) is 0.738. The number of hydrogen-bond donors (Lipinski definition) is 0. The second-order valence-electron chi connectivity index (χ2n) is 3.45. The lowest BCUT2D eigenvalue weighted by Gasteiger charge is -1.95. The molecule has 0 saturated carbocycles. The number of benzene rings is 1. The third-order valence-corrected chi connectivity index (χ3v) is 2.24. The van der Waals surface area contributed by atoms with E-state index in [9.17, 15) is 9.59 Å². The lowest BCUT2D eigenvalue weighted by atomic mass is 10.1. The summed E-state index contributed by atoms with van der Waals surface area (Å²) in [4.78, 5) is 22.9. The third-order valence-electron chi connectivity index (χ3n) is 2.24. The summed E-state index contributed by atoms with van der Waals surface area (Å²) < 4.78 is 5.00. The van der Waals surface area contributed by atoms with Crippen LogP contribution in [0.2, 0.25) is 0 Å². The molecule has 0 aliphatic heterocycles. The monoisotopic (exact) mass is 214 g/mol. The number of carbonyl (C=O) groups is 2. The van der Waals surface area contributed by atoms with Crippen molar-refractivity contribution in [2.45, 2.75) is 6.92 Å². The molecule has 0 amide bonds. The molecule has 0 N–H and O–H groups in total. The summed E-state index contributed by atoms with van der Waals surface area (Å²) in [5.74, 6) is -0.122. The van der Waals surface area contributed by atoms with Gasteiger partial charge in [-0.05, 0) is 6.07 Å². The van der Waals surface area contributed by atoms with Gasteiger partial charge in [0, 0.05) is 12.5 Å². The second kappa shape index (κ2) is 4.14. The van der Waals surface area contributed by atoms with E-state index in [1.54, 1.807) is 24.3 Å². The standard InChI is InChI=1S/C13H10O3/c1-9(14)12-7-11(8-16-12)13(15)10-5-3-2-4-6-10/h2-8H,1H3. The molecule has 0 aliphatic rings. The van der Waals surface area contributed by atoms with Crippen molar-refractivity contribution in [3.8, 4) is 0 Å². The molecule has 0 atom stereocenters. The van der Waals surface area contributed by atoms with E-state index < -0.39 is 0 Å². The Hall–Kier alpha value is -2.16. The van der Waals surface area contributed by atoms with Crippen molar-refractivity contribution in [3.63, 3.8) is 0 Å². The Balaban J connectivity index is 2.31. The van der Waals surface area contributed by atoms with Crippen LogP contribution in [0.1, 0.15) is 33.4 Å². The zero-order valence-electron chi connectivity index (χ0n) is 8.77. The van der Waals surface area contributed by atoms with E-state index in [1.807, 2.05) is 6.07 Å². The fourth-order valence-corrected chi connectivity index (χ4v) is 1.40. The summed E-state index contributed by atoms with van der Waals surface area (Å²) >= 11 is 0. The van der Waals surface area contributed by atoms with Crippen LogP contribution in [0.5, 0.6) is 0 Å². The number of rotatable bonds is 3. The van der Waals surface area contributed by atoms with Gasteiger partial charge >= 0.3 is 0 Å². The van der Waals surface area contributed by atoms with Crippen LogP contribution in [0.15, 0.2) is 47.1 Å². The van der Waals surface area contributed by atoms with E-state index in [2.05, 4.69) is 0 Å². The average molecular weight is 214 g/mol. The molecular formula is C13H10O3. The van der Waals surface area contributed by atoms with Crippen molar-refractivity contribution in [2.24, 2.45) is 0 Å². The number of hydrogen-bond acceptors (Lipinski definition) is 3. The van der Waals surface area contributed by atoms with Crippen LogP contribution in [-0.2, 0) is 0 Å². The minimum Gasteiger partial charge on any atom is -0.460 e. The van der Waals surface area contributed by atoms with Gasteiger partial charge in [-0.1, -0.05) is 30.3 Å². The van der Waals surface area contributed by atoms with E-state index in [0.717, 1.165) is 0 Å². The van der Waals surface area contributed by atoms with Gasteiger partial charge in [0.2, 0.25) is 0 Å². The van der Waals surface area contributed by atoms with Crippen LogP contribution in [0, 0.1) is 0 Å². The second-order valence-corrected chi connectivity index (χ2v) is 3.45. The highest BCUT2D eigenvalue weighted by Gasteiger charge is 2.13. The summed E-state index contributed by atoms with van der Waals surface area (Å²) in [6, 6.07) is 10.3. The molecule has 1 heterocycles. The number of Topliss-reactive ketones (excluding diaryl/α,β-unsaturated/α-hetero) is 1. The fraction of sp³-hybridized carbons (Fsp3) is 0.0769. The predicted octanol–water partition coefficient (Wildman–Crippen LogP) is 2.71. The Labute approximate surface area is 92.7 Å². The summed E-state index contributed by atoms with van der Waals surface area (Å²) in [5, 5.41) is 0. The molecule has 0 aliphatic carbocycles. The van der Waals surface area contributed by atoms with Crippen molar-refractivity contribution < 1.29 is 14.0 Å². The first-order chi connectivity index (χ1) is 7.68. The van der Waals surface area contributed by atoms with Gasteiger partial charge in [0.1, 0.15) is 6.26 Å². The van der Waals surface area contributed by atoms with Crippen molar-refractivity contribution >= 4 is 11.6 Å². The highest BCUT2D eigenvalue weighted by molar-refractivity contribution is 6.09. The van der Waals surface area contributed by atoms with Crippen molar-refractivity contribution in [2.75, 3.05) is 0 Å². The highest BCUT2D eigenvalue weighted by Crippen LogP contribution is 2.13. The molecule has 3 heteroatoms. The van der Waals surface area contributed by atoms with Gasteiger partial charge in [0.15, 0.2) is 17.3 Å². The molecule has 3 nitrogen and oxygen atoms in total. The Morgan fingerprint density at radius 1 is 1.06 bits per heavy atom. The number of ketones is 2. The fourth-order valence-electron chi connectivity index (χ4n) is 1.40. The molecule has 0 bridgehead atoms. The molecule has 2 rings (SSSR count). The van der Waals surface area contributed by atoms with Crippen LogP contribution < -0.4 is 0 Å². The Kier molecular flexibility index (Phi) is 2.68. The molecule has 0 radical (unpaired) electrons. The average Bonchev–Trinajstić information content (AvgIpc) is 2.78. The lowest BCUT2D eigenvalue weighted by molar-refractivity contribution is 0.0986. The van der Waals surface area contributed by atoms with E-state index in [4.69, 9.17) is 4.42 Å². The van der Waals surface area contributed by atoms with Crippen LogP contribution in [-0.4, -0.2) is 11.6 Å². The van der Waals surface area contributed by atoms with Gasteiger partial charge in [-0.3, -0.25) is 9.59 Å². The first-order valence-corrected chi connectivity index (χ1v) is 4.87. The van der Waals surface area contributed by atoms with Gasteiger partial charge in [-0.15, -0.1) is 0 Å². The Morgan fingerprint density at radius 2 is 1.75 bits per heavy atom. The van der Waals surface area contributed by atoms with E-state index in [1.165, 1.54) is 19.3 Å². The largest absolute Gasteiger partial charge is 0.460 e. The molecule has 0 unspecified atom stereocenters. The Morgan fingerprint density at radius 3 is 2.31 bits per heavy atom. The summed E-state index contributed by atoms with van der Waals surface area (Å²) in [7, 11) is 0. The molecule has 80 valence electrons. The first-order valence-electron chi connectivity index (χ1n) is 4.87. The minimum atomic E-state index is -0.188. The van der Waals surface area contributed by atoms with Crippen molar-refractivity contribution in [1.82, 2.24) is 0 Å². The SMILES string of the molecule is CC(=O)c1cc(C(=O)c2ccccc2)co1. The highest BCUT2D eigenvalue weighted by atomic mass is 16.3. The summed E-state index contributed by atoms with van der Waals surface area (Å²) in [6.07, 6.45) is 1.31. The molecule has 0 spiro atoms. The number of furan rings is 1. The minimum absolute atomic E-state index is 0.142. The van der Waals surface area contributed by atoms with Crippen LogP contribution in [0.4, 0.5) is 0 Å². The summed E-state index contributed by atoms with van der Waals surface area (Å²) in [5.41, 5.74) is 0.981. The summed E-state index contributed by atoms with van der Waals surface area (Å²) in [6.45, 7) is 1.40. The van der Waals surface area contributed by atoms with Gasteiger partial charge in [-0.2, -0.15) is 0 Å². The van der Waals surface area contributed by atoms with Gasteiger partial charge in [0.25, 0.3) is 0 Å². The van der Waals surface area contributed by atoms with E-state index in [0.29, 0.717) is 11.1 Å². The topological polar surface area (TPSA) is 47.3 Å². The van der Waals surface area contributed by atoms with Crippen LogP contribution >= 0.6 is 0 Å². The van der Waals surface area contributed by atoms with Crippen molar-refractivity contribution in [3.05, 3.63) is 59.5 Å². The zero-order valence-corrected chi connectivity index (χ0v) is 8.77. The van der Waals surface area contributed by atoms with Gasteiger partial charge in [0.05, 0.1) is 5.56 Å². The normalized spacial score (nSPS) is 10.1. The first kappa shape index (κ1) is 10.4. The smallest absolute Gasteiger partial charge is 0.196 e. The maximum Gasteiger partial charge on any atom is 0.196 e. The molecule has 0 saturated heterocycles. The van der Waals surface area contributed by atoms with Gasteiger partial charge < -0.3 is 4.42 Å². The number of carbonyl (C=O) groups excluding carboxylic acids is 2.